The molecule has 0 saturated heterocycles. The van der Waals surface area contributed by atoms with Crippen molar-refractivity contribution in [3.05, 3.63) is 152 Å². The first-order chi connectivity index (χ1) is 22.3. The molecule has 3 nitrogen and oxygen atoms in total. The maximum absolute atomic E-state index is 5.08. The summed E-state index contributed by atoms with van der Waals surface area (Å²) in [5, 5.41) is 7.82. The van der Waals surface area contributed by atoms with Crippen molar-refractivity contribution in [3.8, 4) is 45.3 Å². The molecule has 4 heteroatoms. The summed E-state index contributed by atoms with van der Waals surface area (Å²) in [5.41, 5.74) is 5.25. The maximum Gasteiger partial charge on any atom is -0.0544 e. The van der Waals surface area contributed by atoms with Gasteiger partial charge in [-0.1, -0.05) is 30.3 Å². The van der Waals surface area contributed by atoms with Crippen molar-refractivity contribution in [1.29, 1.82) is 0 Å². The van der Waals surface area contributed by atoms with Crippen molar-refractivity contribution in [1.82, 2.24) is 15.0 Å². The topological polar surface area (TPSA) is 38.7 Å². The molecule has 0 bridgehead atoms. The van der Waals surface area contributed by atoms with Gasteiger partial charge in [0.15, 0.2) is 0 Å². The Kier molecular flexibility index (Phi) is 6.15. The van der Waals surface area contributed by atoms with Crippen molar-refractivity contribution in [2.45, 2.75) is 0 Å². The standard InChI is InChI=1S/C41H25N3Se/c1-3-9-26(10-4-1)27-15-20-31(21-16-27)40-42-39(30-11-5-2-6-12-30)43-41(44-40)32-22-18-28-17-19-29-23-24-34-33-13-7-8-14-36(33)45-38(34)37(29)35(28)25-32/h1-25H. The summed E-state index contributed by atoms with van der Waals surface area (Å²) >= 11 is 0.252. The average Bonchev–Trinajstić information content (AvgIpc) is 3.51. The Balaban J connectivity index is 1.24. The molecule has 0 fully saturated rings. The van der Waals surface area contributed by atoms with Crippen molar-refractivity contribution >= 4 is 55.3 Å². The summed E-state index contributed by atoms with van der Waals surface area (Å²) in [4.78, 5) is 15.1. The Morgan fingerprint density at radius 3 is 1.62 bits per heavy atom. The molecule has 0 radical (unpaired) electrons. The monoisotopic (exact) mass is 639 g/mol. The predicted molar refractivity (Wildman–Crippen MR) is 189 cm³/mol. The van der Waals surface area contributed by atoms with Gasteiger partial charge in [0.2, 0.25) is 0 Å². The fraction of sp³-hybridized carbons (Fsp3) is 0. The number of hydrogen-bond acceptors (Lipinski definition) is 3. The molecule has 7 aromatic carbocycles. The van der Waals surface area contributed by atoms with Crippen molar-refractivity contribution in [3.63, 3.8) is 0 Å². The normalized spacial score (nSPS) is 11.6. The maximum atomic E-state index is 5.08. The number of hydrogen-bond donors (Lipinski definition) is 0. The quantitative estimate of drug-likeness (QED) is 0.142. The fourth-order valence-corrected chi connectivity index (χ4v) is 8.92. The molecule has 45 heavy (non-hydrogen) atoms. The molecule has 0 aliphatic rings. The van der Waals surface area contributed by atoms with E-state index < -0.39 is 0 Å². The molecule has 0 aliphatic heterocycles. The van der Waals surface area contributed by atoms with Crippen LogP contribution in [0.25, 0.3) is 86.1 Å². The Bertz CT molecular complexity index is 2520. The third-order valence-corrected chi connectivity index (χ3v) is 11.0. The largest absolute Gasteiger partial charge is 0.0617 e. The predicted octanol–water partition coefficient (Wildman–Crippen LogP) is 10.2. The van der Waals surface area contributed by atoms with Gasteiger partial charge in [-0.3, -0.25) is 0 Å². The average molecular weight is 639 g/mol. The number of benzene rings is 7. The summed E-state index contributed by atoms with van der Waals surface area (Å²) < 4.78 is 2.91. The molecule has 0 saturated carbocycles. The molecule has 210 valence electrons. The van der Waals surface area contributed by atoms with Gasteiger partial charge >= 0.3 is 231 Å². The van der Waals surface area contributed by atoms with Crippen LogP contribution in [0.2, 0.25) is 0 Å². The van der Waals surface area contributed by atoms with Gasteiger partial charge in [0.1, 0.15) is 0 Å². The summed E-state index contributed by atoms with van der Waals surface area (Å²) in [7, 11) is 0. The second-order valence-corrected chi connectivity index (χ2v) is 13.5. The van der Waals surface area contributed by atoms with Crippen LogP contribution in [0.4, 0.5) is 0 Å². The van der Waals surface area contributed by atoms with Crippen molar-refractivity contribution in [2.24, 2.45) is 0 Å². The number of nitrogens with zero attached hydrogens (tertiary/aromatic N) is 3. The zero-order valence-corrected chi connectivity index (χ0v) is 25.9. The van der Waals surface area contributed by atoms with Crippen LogP contribution >= 0.6 is 0 Å². The number of rotatable bonds is 4. The van der Waals surface area contributed by atoms with E-state index in [2.05, 4.69) is 127 Å². The minimum atomic E-state index is 0.252. The van der Waals surface area contributed by atoms with E-state index in [0.29, 0.717) is 17.5 Å². The summed E-state index contributed by atoms with van der Waals surface area (Å²) in [6, 6.07) is 53.6. The number of aromatic nitrogens is 3. The summed E-state index contributed by atoms with van der Waals surface area (Å²) in [6.45, 7) is 0. The van der Waals surface area contributed by atoms with Gasteiger partial charge in [0.25, 0.3) is 0 Å². The SMILES string of the molecule is c1ccc(-c2ccc(-c3nc(-c4ccccc4)nc(-c4ccc5ccc6ccc7c8ccccc8[se]c7c6c5c4)n3)cc2)cc1. The van der Waals surface area contributed by atoms with Crippen LogP contribution < -0.4 is 0 Å². The van der Waals surface area contributed by atoms with Crippen molar-refractivity contribution in [2.75, 3.05) is 0 Å². The van der Waals surface area contributed by atoms with Crippen LogP contribution in [0, 0.1) is 0 Å². The van der Waals surface area contributed by atoms with E-state index in [1.165, 1.54) is 46.4 Å². The smallest absolute Gasteiger partial charge is 0.0544 e. The Morgan fingerprint density at radius 1 is 0.356 bits per heavy atom. The van der Waals surface area contributed by atoms with E-state index in [1.807, 2.05) is 24.3 Å². The van der Waals surface area contributed by atoms with E-state index in [-0.39, 0.29) is 14.5 Å². The molecular weight excluding hydrogens is 613 g/mol. The molecule has 0 atom stereocenters. The minimum Gasteiger partial charge on any atom is -0.0617 e. The molecule has 2 heterocycles. The van der Waals surface area contributed by atoms with Gasteiger partial charge in [-0.05, 0) is 5.56 Å². The van der Waals surface area contributed by atoms with Gasteiger partial charge in [-0.15, -0.1) is 0 Å². The Hall–Kier alpha value is -5.41. The van der Waals surface area contributed by atoms with E-state index in [0.717, 1.165) is 22.3 Å². The fourth-order valence-electron chi connectivity index (χ4n) is 6.25. The molecule has 0 amide bonds. The molecule has 2 aromatic heterocycles. The third-order valence-electron chi connectivity index (χ3n) is 8.52. The van der Waals surface area contributed by atoms with Crippen LogP contribution in [-0.2, 0) is 0 Å². The van der Waals surface area contributed by atoms with Crippen LogP contribution in [0.15, 0.2) is 152 Å². The van der Waals surface area contributed by atoms with E-state index in [4.69, 9.17) is 15.0 Å². The van der Waals surface area contributed by atoms with Crippen LogP contribution in [0.1, 0.15) is 0 Å². The van der Waals surface area contributed by atoms with Crippen LogP contribution in [0.3, 0.4) is 0 Å². The van der Waals surface area contributed by atoms with Crippen molar-refractivity contribution < 1.29 is 0 Å². The zero-order chi connectivity index (χ0) is 29.7. The molecule has 0 N–H and O–H groups in total. The Labute approximate surface area is 266 Å². The van der Waals surface area contributed by atoms with Crippen LogP contribution in [0.5, 0.6) is 0 Å². The molecular formula is C41H25N3Se. The van der Waals surface area contributed by atoms with Gasteiger partial charge in [0, 0.05) is 0 Å². The number of fused-ring (bicyclic) bond motifs is 7. The summed E-state index contributed by atoms with van der Waals surface area (Å²) in [5.74, 6) is 2.00. The van der Waals surface area contributed by atoms with E-state index in [9.17, 15) is 0 Å². The van der Waals surface area contributed by atoms with Gasteiger partial charge in [-0.2, -0.15) is 0 Å². The molecule has 0 aliphatic carbocycles. The zero-order valence-electron chi connectivity index (χ0n) is 24.2. The first-order valence-corrected chi connectivity index (χ1v) is 16.7. The molecule has 9 aromatic rings. The second-order valence-electron chi connectivity index (χ2n) is 11.3. The summed E-state index contributed by atoms with van der Waals surface area (Å²) in [6.07, 6.45) is 0. The third kappa shape index (κ3) is 4.55. The first-order valence-electron chi connectivity index (χ1n) is 15.0. The molecule has 0 unspecified atom stereocenters. The van der Waals surface area contributed by atoms with Crippen LogP contribution in [-0.4, -0.2) is 29.5 Å². The Morgan fingerprint density at radius 2 is 0.867 bits per heavy atom. The van der Waals surface area contributed by atoms with Gasteiger partial charge in [0.05, 0.1) is 0 Å². The molecule has 9 rings (SSSR count). The second kappa shape index (κ2) is 10.6. The first kappa shape index (κ1) is 26.0. The minimum absolute atomic E-state index is 0.252. The van der Waals surface area contributed by atoms with Gasteiger partial charge < -0.3 is 0 Å². The van der Waals surface area contributed by atoms with E-state index in [1.54, 1.807) is 0 Å². The molecule has 0 spiro atoms. The van der Waals surface area contributed by atoms with E-state index >= 15 is 0 Å². The van der Waals surface area contributed by atoms with Gasteiger partial charge in [-0.25, -0.2) is 0 Å².